The number of rotatable bonds is 5. The lowest BCUT2D eigenvalue weighted by molar-refractivity contribution is 0.502. The van der Waals surface area contributed by atoms with Crippen molar-refractivity contribution in [1.29, 1.82) is 0 Å². The lowest BCUT2D eigenvalue weighted by Crippen LogP contribution is -2.23. The third-order valence-corrected chi connectivity index (χ3v) is 3.37. The standard InChI is InChI=1S/C15H15ClF2N2/c1-2-20-15(11-5-6-19-9-12(11)16)8-10-3-4-13(17)14(18)7-10/h3-7,9,15,20H,2,8H2,1H3. The van der Waals surface area contributed by atoms with Gasteiger partial charge in [-0.3, -0.25) is 4.98 Å². The van der Waals surface area contributed by atoms with Crippen molar-refractivity contribution in [1.82, 2.24) is 10.3 Å². The van der Waals surface area contributed by atoms with E-state index in [1.807, 2.05) is 13.0 Å². The van der Waals surface area contributed by atoms with E-state index in [0.29, 0.717) is 17.0 Å². The van der Waals surface area contributed by atoms with Crippen LogP contribution < -0.4 is 5.32 Å². The fourth-order valence-electron chi connectivity index (χ4n) is 2.11. The Morgan fingerprint density at radius 3 is 2.70 bits per heavy atom. The van der Waals surface area contributed by atoms with E-state index in [1.165, 1.54) is 6.07 Å². The molecule has 1 atom stereocenters. The molecular formula is C15H15ClF2N2. The van der Waals surface area contributed by atoms with Crippen molar-refractivity contribution in [2.75, 3.05) is 6.54 Å². The van der Waals surface area contributed by atoms with Gasteiger partial charge >= 0.3 is 0 Å². The highest BCUT2D eigenvalue weighted by molar-refractivity contribution is 6.31. The maximum Gasteiger partial charge on any atom is 0.159 e. The molecule has 0 bridgehead atoms. The van der Waals surface area contributed by atoms with Crippen LogP contribution in [0.3, 0.4) is 0 Å². The van der Waals surface area contributed by atoms with Gasteiger partial charge in [-0.15, -0.1) is 0 Å². The lowest BCUT2D eigenvalue weighted by Gasteiger charge is -2.19. The van der Waals surface area contributed by atoms with Crippen molar-refractivity contribution >= 4 is 11.6 Å². The van der Waals surface area contributed by atoms with Crippen LogP contribution in [0.4, 0.5) is 8.78 Å². The van der Waals surface area contributed by atoms with Gasteiger partial charge in [0, 0.05) is 18.4 Å². The highest BCUT2D eigenvalue weighted by Crippen LogP contribution is 2.25. The van der Waals surface area contributed by atoms with Crippen molar-refractivity contribution in [3.63, 3.8) is 0 Å². The van der Waals surface area contributed by atoms with Gasteiger partial charge in [0.05, 0.1) is 5.02 Å². The molecule has 0 amide bonds. The van der Waals surface area contributed by atoms with Crippen molar-refractivity contribution in [2.24, 2.45) is 0 Å². The Morgan fingerprint density at radius 1 is 1.25 bits per heavy atom. The molecule has 2 rings (SSSR count). The van der Waals surface area contributed by atoms with E-state index >= 15 is 0 Å². The van der Waals surface area contributed by atoms with Crippen LogP contribution >= 0.6 is 11.6 Å². The monoisotopic (exact) mass is 296 g/mol. The molecule has 2 aromatic rings. The van der Waals surface area contributed by atoms with Gasteiger partial charge in [0.15, 0.2) is 11.6 Å². The zero-order valence-electron chi connectivity index (χ0n) is 11.0. The van der Waals surface area contributed by atoms with Crippen molar-refractivity contribution in [3.8, 4) is 0 Å². The van der Waals surface area contributed by atoms with Gasteiger partial charge in [0.2, 0.25) is 0 Å². The molecule has 0 aliphatic heterocycles. The summed E-state index contributed by atoms with van der Waals surface area (Å²) in [4.78, 5) is 3.95. The molecule has 0 saturated carbocycles. The second kappa shape index (κ2) is 6.77. The fourth-order valence-corrected chi connectivity index (χ4v) is 2.36. The summed E-state index contributed by atoms with van der Waals surface area (Å²) in [5.74, 6) is -1.67. The Kier molecular flexibility index (Phi) is 5.04. The number of benzene rings is 1. The van der Waals surface area contributed by atoms with Gasteiger partial charge in [0.25, 0.3) is 0 Å². The number of nitrogens with one attached hydrogen (secondary N) is 1. The molecule has 1 heterocycles. The Morgan fingerprint density at radius 2 is 2.05 bits per heavy atom. The molecular weight excluding hydrogens is 282 g/mol. The van der Waals surface area contributed by atoms with Gasteiger partial charge in [0.1, 0.15) is 0 Å². The van der Waals surface area contributed by atoms with Crippen LogP contribution in [-0.2, 0) is 6.42 Å². The van der Waals surface area contributed by atoms with Gasteiger partial charge in [-0.2, -0.15) is 0 Å². The second-order valence-electron chi connectivity index (χ2n) is 4.46. The summed E-state index contributed by atoms with van der Waals surface area (Å²) in [6.07, 6.45) is 3.76. The molecule has 1 unspecified atom stereocenters. The molecule has 0 fully saturated rings. The molecule has 1 aromatic heterocycles. The lowest BCUT2D eigenvalue weighted by atomic mass is 9.99. The van der Waals surface area contributed by atoms with E-state index in [0.717, 1.165) is 18.2 Å². The summed E-state index contributed by atoms with van der Waals surface area (Å²) < 4.78 is 26.2. The predicted octanol–water partition coefficient (Wildman–Crippen LogP) is 3.91. The number of halogens is 3. The molecule has 5 heteroatoms. The minimum Gasteiger partial charge on any atom is -0.310 e. The van der Waals surface area contributed by atoms with E-state index in [2.05, 4.69) is 10.3 Å². The molecule has 0 aliphatic rings. The molecule has 20 heavy (non-hydrogen) atoms. The summed E-state index contributed by atoms with van der Waals surface area (Å²) in [5, 5.41) is 3.85. The molecule has 1 aromatic carbocycles. The SMILES string of the molecule is CCNC(Cc1ccc(F)c(F)c1)c1ccncc1Cl. The minimum absolute atomic E-state index is 0.0691. The van der Waals surface area contributed by atoms with Crippen LogP contribution in [0.1, 0.15) is 24.1 Å². The second-order valence-corrected chi connectivity index (χ2v) is 4.87. The third kappa shape index (κ3) is 3.52. The number of nitrogens with zero attached hydrogens (tertiary/aromatic N) is 1. The number of likely N-dealkylation sites (N-methyl/N-ethyl adjacent to an activating group) is 1. The van der Waals surface area contributed by atoms with Crippen LogP contribution in [0.25, 0.3) is 0 Å². The highest BCUT2D eigenvalue weighted by atomic mass is 35.5. The Hall–Kier alpha value is -1.52. The van der Waals surface area contributed by atoms with Gasteiger partial charge < -0.3 is 5.32 Å². The first-order valence-corrected chi connectivity index (χ1v) is 6.76. The quantitative estimate of drug-likeness (QED) is 0.905. The summed E-state index contributed by atoms with van der Waals surface area (Å²) in [6.45, 7) is 2.72. The van der Waals surface area contributed by atoms with Crippen molar-refractivity contribution in [3.05, 3.63) is 64.4 Å². The molecule has 0 spiro atoms. The summed E-state index contributed by atoms with van der Waals surface area (Å²) in [6, 6.07) is 5.70. The van der Waals surface area contributed by atoms with Gasteiger partial charge in [-0.05, 0) is 42.3 Å². The summed E-state index contributed by atoms with van der Waals surface area (Å²) >= 11 is 6.14. The fraction of sp³-hybridized carbons (Fsp3) is 0.267. The molecule has 0 radical (unpaired) electrons. The number of aromatic nitrogens is 1. The first-order chi connectivity index (χ1) is 9.61. The Balaban J connectivity index is 2.25. The minimum atomic E-state index is -0.837. The summed E-state index contributed by atoms with van der Waals surface area (Å²) in [7, 11) is 0. The topological polar surface area (TPSA) is 24.9 Å². The molecule has 0 aliphatic carbocycles. The van der Waals surface area contributed by atoms with E-state index in [-0.39, 0.29) is 6.04 Å². The third-order valence-electron chi connectivity index (χ3n) is 3.05. The first-order valence-electron chi connectivity index (χ1n) is 6.38. The van der Waals surface area contributed by atoms with Crippen LogP contribution in [-0.4, -0.2) is 11.5 Å². The normalized spacial score (nSPS) is 12.4. The number of hydrogen-bond donors (Lipinski definition) is 1. The molecule has 0 saturated heterocycles. The van der Waals surface area contributed by atoms with E-state index < -0.39 is 11.6 Å². The zero-order valence-corrected chi connectivity index (χ0v) is 11.8. The maximum atomic E-state index is 13.3. The molecule has 2 nitrogen and oxygen atoms in total. The average Bonchev–Trinajstić information content (AvgIpc) is 2.43. The smallest absolute Gasteiger partial charge is 0.159 e. The predicted molar refractivity (Wildman–Crippen MR) is 75.7 cm³/mol. The highest BCUT2D eigenvalue weighted by Gasteiger charge is 2.15. The zero-order chi connectivity index (χ0) is 14.5. The first kappa shape index (κ1) is 14.9. The van der Waals surface area contributed by atoms with Gasteiger partial charge in [-0.25, -0.2) is 8.78 Å². The van der Waals surface area contributed by atoms with Crippen LogP contribution in [0.2, 0.25) is 5.02 Å². The van der Waals surface area contributed by atoms with Crippen molar-refractivity contribution in [2.45, 2.75) is 19.4 Å². The summed E-state index contributed by atoms with van der Waals surface area (Å²) in [5.41, 5.74) is 1.61. The maximum absolute atomic E-state index is 13.3. The molecule has 106 valence electrons. The van der Waals surface area contributed by atoms with E-state index in [9.17, 15) is 8.78 Å². The number of pyridine rings is 1. The number of hydrogen-bond acceptors (Lipinski definition) is 2. The van der Waals surface area contributed by atoms with Gasteiger partial charge in [-0.1, -0.05) is 24.6 Å². The average molecular weight is 297 g/mol. The Bertz CT molecular complexity index is 590. The van der Waals surface area contributed by atoms with Crippen molar-refractivity contribution < 1.29 is 8.78 Å². The Labute approximate surface area is 121 Å². The van der Waals surface area contributed by atoms with Crippen LogP contribution in [0, 0.1) is 11.6 Å². The van der Waals surface area contributed by atoms with Crippen LogP contribution in [0.5, 0.6) is 0 Å². The van der Waals surface area contributed by atoms with Crippen LogP contribution in [0.15, 0.2) is 36.7 Å². The largest absolute Gasteiger partial charge is 0.310 e. The molecule has 1 N–H and O–H groups in total. The van der Waals surface area contributed by atoms with E-state index in [4.69, 9.17) is 11.6 Å². The van der Waals surface area contributed by atoms with E-state index in [1.54, 1.807) is 18.5 Å².